The summed E-state index contributed by atoms with van der Waals surface area (Å²) in [4.78, 5) is 12.2. The van der Waals surface area contributed by atoms with Crippen molar-refractivity contribution >= 4 is 23.7 Å². The van der Waals surface area contributed by atoms with Crippen molar-refractivity contribution in [3.63, 3.8) is 0 Å². The number of thiocarbonyl (C=S) groups is 1. The lowest BCUT2D eigenvalue weighted by molar-refractivity contribution is -0.120. The zero-order valence-electron chi connectivity index (χ0n) is 7.16. The zero-order valence-corrected chi connectivity index (χ0v) is 7.97. The summed E-state index contributed by atoms with van der Waals surface area (Å²) in [5.74, 6) is 0. The summed E-state index contributed by atoms with van der Waals surface area (Å²) in [6.07, 6.45) is 2.99. The quantitative estimate of drug-likeness (QED) is 0.476. The first kappa shape index (κ1) is 9.45. The molecule has 1 aliphatic rings. The fourth-order valence-corrected chi connectivity index (χ4v) is 1.53. The molecule has 1 fully saturated rings. The molecule has 1 atom stereocenters. The Labute approximate surface area is 77.7 Å². The highest BCUT2D eigenvalue weighted by molar-refractivity contribution is 7.80. The van der Waals surface area contributed by atoms with E-state index in [2.05, 4.69) is 0 Å². The van der Waals surface area contributed by atoms with Gasteiger partial charge in [0.15, 0.2) is 5.05 Å². The minimum Gasteiger partial charge on any atom is -0.482 e. The lowest BCUT2D eigenvalue weighted by Gasteiger charge is -2.29. The predicted molar refractivity (Wildman–Crippen MR) is 50.0 cm³/mol. The number of ether oxygens (including phenoxy) is 1. The van der Waals surface area contributed by atoms with Gasteiger partial charge in [-0.1, -0.05) is 0 Å². The van der Waals surface area contributed by atoms with E-state index in [1.54, 1.807) is 11.8 Å². The van der Waals surface area contributed by atoms with Gasteiger partial charge in [-0.2, -0.15) is 0 Å². The summed E-state index contributed by atoms with van der Waals surface area (Å²) in [7, 11) is 0. The third-order valence-electron chi connectivity index (χ3n) is 1.89. The Bertz CT molecular complexity index is 184. The summed E-state index contributed by atoms with van der Waals surface area (Å²) in [5.41, 5.74) is 0. The van der Waals surface area contributed by atoms with Crippen molar-refractivity contribution in [1.29, 1.82) is 0 Å². The van der Waals surface area contributed by atoms with Crippen molar-refractivity contribution < 1.29 is 9.53 Å². The van der Waals surface area contributed by atoms with Crippen molar-refractivity contribution in [2.45, 2.75) is 25.9 Å². The minimum atomic E-state index is 0.112. The van der Waals surface area contributed by atoms with Crippen LogP contribution in [0.2, 0.25) is 0 Å². The lowest BCUT2D eigenvalue weighted by Crippen LogP contribution is -2.39. The molecule has 1 heterocycles. The van der Waals surface area contributed by atoms with Crippen LogP contribution in [0.4, 0.5) is 0 Å². The molecule has 1 aliphatic heterocycles. The molecule has 4 heteroatoms. The van der Waals surface area contributed by atoms with Crippen molar-refractivity contribution in [3.05, 3.63) is 0 Å². The summed E-state index contributed by atoms with van der Waals surface area (Å²) >= 11 is 4.82. The first-order valence-corrected chi connectivity index (χ1v) is 4.50. The van der Waals surface area contributed by atoms with Crippen molar-refractivity contribution in [1.82, 2.24) is 4.90 Å². The summed E-state index contributed by atoms with van der Waals surface area (Å²) in [6.45, 7) is 3.28. The van der Waals surface area contributed by atoms with Gasteiger partial charge in [0.05, 0.1) is 6.54 Å². The third kappa shape index (κ3) is 2.77. The van der Waals surface area contributed by atoms with E-state index in [4.69, 9.17) is 17.0 Å². The van der Waals surface area contributed by atoms with Gasteiger partial charge in [-0.05, 0) is 25.1 Å². The number of rotatable bonds is 2. The first-order valence-electron chi connectivity index (χ1n) is 4.09. The molecule has 12 heavy (non-hydrogen) atoms. The maximum Gasteiger partial charge on any atom is 0.209 e. The molecule has 1 amide bonds. The Morgan fingerprint density at radius 2 is 2.50 bits per heavy atom. The first-order chi connectivity index (χ1) is 5.72. The monoisotopic (exact) mass is 187 g/mol. The van der Waals surface area contributed by atoms with Gasteiger partial charge >= 0.3 is 0 Å². The van der Waals surface area contributed by atoms with Gasteiger partial charge in [0, 0.05) is 13.5 Å². The largest absolute Gasteiger partial charge is 0.482 e. The molecule has 68 valence electrons. The van der Waals surface area contributed by atoms with Crippen molar-refractivity contribution in [2.75, 3.05) is 13.1 Å². The molecule has 0 aromatic carbocycles. The minimum absolute atomic E-state index is 0.112. The summed E-state index contributed by atoms with van der Waals surface area (Å²) in [5, 5.41) is 0.563. The van der Waals surface area contributed by atoms with Crippen LogP contribution in [0.15, 0.2) is 0 Å². The SMILES string of the molecule is CC(=S)OC1CCCN(C=O)C1. The fraction of sp³-hybridized carbons (Fsp3) is 0.750. The summed E-state index contributed by atoms with van der Waals surface area (Å²) < 4.78 is 5.35. The zero-order chi connectivity index (χ0) is 8.97. The second-order valence-corrected chi connectivity index (χ2v) is 3.55. The Morgan fingerprint density at radius 1 is 1.75 bits per heavy atom. The van der Waals surface area contributed by atoms with Crippen LogP contribution in [0.1, 0.15) is 19.8 Å². The van der Waals surface area contributed by atoms with E-state index in [1.165, 1.54) is 0 Å². The van der Waals surface area contributed by atoms with E-state index in [0.717, 1.165) is 25.8 Å². The lowest BCUT2D eigenvalue weighted by atomic mass is 10.1. The topological polar surface area (TPSA) is 29.5 Å². The van der Waals surface area contributed by atoms with E-state index in [0.29, 0.717) is 11.6 Å². The van der Waals surface area contributed by atoms with Crippen LogP contribution in [0.5, 0.6) is 0 Å². The van der Waals surface area contributed by atoms with E-state index in [1.807, 2.05) is 0 Å². The number of carbonyl (C=O) groups is 1. The highest BCUT2D eigenvalue weighted by atomic mass is 32.1. The van der Waals surface area contributed by atoms with Crippen molar-refractivity contribution in [2.24, 2.45) is 0 Å². The van der Waals surface area contributed by atoms with Gasteiger partial charge in [0.2, 0.25) is 6.41 Å². The predicted octanol–water partition coefficient (Wildman–Crippen LogP) is 0.971. The molecule has 1 saturated heterocycles. The normalized spacial score (nSPS) is 23.4. The van der Waals surface area contributed by atoms with Crippen LogP contribution in [0.3, 0.4) is 0 Å². The molecule has 0 radical (unpaired) electrons. The molecule has 0 aromatic rings. The van der Waals surface area contributed by atoms with Crippen LogP contribution in [0.25, 0.3) is 0 Å². The highest BCUT2D eigenvalue weighted by Gasteiger charge is 2.19. The van der Waals surface area contributed by atoms with Gasteiger partial charge < -0.3 is 9.64 Å². The number of hydrogen-bond donors (Lipinski definition) is 0. The standard InChI is InChI=1S/C8H13NO2S/c1-7(12)11-8-3-2-4-9(5-8)6-10/h6,8H,2-5H2,1H3. The van der Waals surface area contributed by atoms with Gasteiger partial charge in [0.25, 0.3) is 0 Å². The molecule has 0 N–H and O–H groups in total. The third-order valence-corrected chi connectivity index (χ3v) is 1.99. The fourth-order valence-electron chi connectivity index (χ4n) is 1.39. The van der Waals surface area contributed by atoms with Crippen LogP contribution < -0.4 is 0 Å². The molecule has 0 bridgehead atoms. The Balaban J connectivity index is 2.35. The maximum atomic E-state index is 10.4. The Hall–Kier alpha value is -0.640. The molecule has 0 aromatic heterocycles. The molecule has 0 spiro atoms. The molecule has 1 rings (SSSR count). The number of carbonyl (C=O) groups excluding carboxylic acids is 1. The van der Waals surface area contributed by atoms with Crippen LogP contribution in [-0.2, 0) is 9.53 Å². The molecule has 3 nitrogen and oxygen atoms in total. The van der Waals surface area contributed by atoms with Crippen molar-refractivity contribution in [3.8, 4) is 0 Å². The van der Waals surface area contributed by atoms with E-state index in [9.17, 15) is 4.79 Å². The highest BCUT2D eigenvalue weighted by Crippen LogP contribution is 2.11. The number of likely N-dealkylation sites (tertiary alicyclic amines) is 1. The second-order valence-electron chi connectivity index (χ2n) is 2.97. The Morgan fingerprint density at radius 3 is 3.08 bits per heavy atom. The van der Waals surface area contributed by atoms with Crippen LogP contribution >= 0.6 is 12.2 Å². The van der Waals surface area contributed by atoms with Crippen LogP contribution in [-0.4, -0.2) is 35.6 Å². The summed E-state index contributed by atoms with van der Waals surface area (Å²) in [6, 6.07) is 0. The molecular formula is C8H13NO2S. The molecular weight excluding hydrogens is 174 g/mol. The van der Waals surface area contributed by atoms with Crippen LogP contribution in [0, 0.1) is 0 Å². The van der Waals surface area contributed by atoms with Gasteiger partial charge in [-0.15, -0.1) is 0 Å². The smallest absolute Gasteiger partial charge is 0.209 e. The van der Waals surface area contributed by atoms with E-state index < -0.39 is 0 Å². The van der Waals surface area contributed by atoms with Gasteiger partial charge in [-0.3, -0.25) is 4.79 Å². The number of amides is 1. The Kier molecular flexibility index (Phi) is 3.47. The van der Waals surface area contributed by atoms with E-state index >= 15 is 0 Å². The second kappa shape index (κ2) is 4.40. The maximum absolute atomic E-state index is 10.4. The average Bonchev–Trinajstić information content (AvgIpc) is 2.03. The van der Waals surface area contributed by atoms with E-state index in [-0.39, 0.29) is 6.10 Å². The molecule has 0 saturated carbocycles. The number of piperidine rings is 1. The molecule has 1 unspecified atom stereocenters. The average molecular weight is 187 g/mol. The molecule has 0 aliphatic carbocycles. The van der Waals surface area contributed by atoms with Gasteiger partial charge in [0.1, 0.15) is 6.10 Å². The van der Waals surface area contributed by atoms with Gasteiger partial charge in [-0.25, -0.2) is 0 Å². The number of hydrogen-bond acceptors (Lipinski definition) is 3. The number of nitrogens with zero attached hydrogens (tertiary/aromatic N) is 1.